The minimum atomic E-state index is -4.27. The summed E-state index contributed by atoms with van der Waals surface area (Å²) in [6, 6.07) is 58.0. The number of alkyl halides is 1. The summed E-state index contributed by atoms with van der Waals surface area (Å²) in [4.78, 5) is 10.2. The van der Waals surface area contributed by atoms with E-state index in [9.17, 15) is 13.0 Å². The van der Waals surface area contributed by atoms with Gasteiger partial charge in [-0.15, -0.1) is 0 Å². The van der Waals surface area contributed by atoms with Crippen LogP contribution in [-0.2, 0) is 99.0 Å². The van der Waals surface area contributed by atoms with Crippen molar-refractivity contribution in [1.82, 2.24) is 33.1 Å². The molecule has 0 N–H and O–H groups in total. The summed E-state index contributed by atoms with van der Waals surface area (Å²) in [7, 11) is 0.205. The highest BCUT2D eigenvalue weighted by molar-refractivity contribution is 9.09. The Labute approximate surface area is 826 Å². The molecule has 21 nitrogen and oxygen atoms in total. The first-order chi connectivity index (χ1) is 58.6. The Morgan fingerprint density at radius 2 is 0.630 bits per heavy atom. The van der Waals surface area contributed by atoms with Gasteiger partial charge in [0.1, 0.15) is 113 Å². The molecule has 10 heterocycles. The normalized spacial score (nSPS) is 13.2. The van der Waals surface area contributed by atoms with Gasteiger partial charge in [-0.25, -0.2) is 72.5 Å². The third-order valence-corrected chi connectivity index (χ3v) is 23.1. The number of hydrogen-bond acceptors (Lipinski definition) is 9. The Morgan fingerprint density at radius 1 is 0.370 bits per heavy atom. The molecule has 0 unspecified atom stereocenters. The second kappa shape index (κ2) is 60.5. The number of hydrogen-bond donors (Lipinski definition) is 0. The van der Waals surface area contributed by atoms with Gasteiger partial charge < -0.3 is 125 Å². The lowest BCUT2D eigenvalue weighted by Gasteiger charge is -2.13. The van der Waals surface area contributed by atoms with E-state index < -0.39 is 20.2 Å². The van der Waals surface area contributed by atoms with Crippen molar-refractivity contribution in [3.63, 3.8) is 0 Å². The highest BCUT2D eigenvalue weighted by atomic mass is 79.9. The Hall–Kier alpha value is -7.46. The number of aryl methyl sites for hydroxylation is 7. The first kappa shape index (κ1) is 112. The summed E-state index contributed by atoms with van der Waals surface area (Å²) in [6.45, 7) is 21.1. The van der Waals surface area contributed by atoms with E-state index >= 15 is 0 Å². The first-order valence-corrected chi connectivity index (χ1v) is 47.0. The number of rotatable bonds is 25. The van der Waals surface area contributed by atoms with Gasteiger partial charge in [-0.1, -0.05) is 143 Å². The maximum absolute atomic E-state index is 10.4. The van der Waals surface area contributed by atoms with E-state index in [-0.39, 0.29) is 107 Å². The smallest absolute Gasteiger partial charge is 0.243 e. The van der Waals surface area contributed by atoms with E-state index in [2.05, 4.69) is 334 Å². The van der Waals surface area contributed by atoms with E-state index in [1.54, 1.807) is 12.1 Å². The molecule has 0 aliphatic carbocycles. The average molecular weight is 2220 g/mol. The highest BCUT2D eigenvalue weighted by Crippen LogP contribution is 2.18. The molecule has 686 valence electrons. The summed E-state index contributed by atoms with van der Waals surface area (Å²) in [5.41, 5.74) is 18.2. The number of benzene rings is 7. The first-order valence-electron chi connectivity index (χ1n) is 42.7. The van der Waals surface area contributed by atoms with Gasteiger partial charge in [0, 0.05) is 166 Å². The molecule has 0 atom stereocenters. The van der Waals surface area contributed by atoms with Gasteiger partial charge in [-0.05, 0) is 109 Å². The van der Waals surface area contributed by atoms with Gasteiger partial charge in [-0.3, -0.25) is 0 Å². The largest absolute Gasteiger partial charge is 1.00 e. The molecule has 6 aliphatic rings. The Bertz CT molecular complexity index is 5250. The number of nitrogens with zero attached hydrogens (tertiary/aromatic N) is 15. The van der Waals surface area contributed by atoms with Gasteiger partial charge in [0.25, 0.3) is 0 Å². The van der Waals surface area contributed by atoms with Crippen molar-refractivity contribution in [3.8, 4) is 0 Å². The minimum Gasteiger partial charge on any atom is -1.00 e. The van der Waals surface area contributed by atoms with Gasteiger partial charge in [0.15, 0.2) is 37.3 Å². The van der Waals surface area contributed by atoms with Crippen molar-refractivity contribution in [1.29, 1.82) is 0 Å². The Kier molecular flexibility index (Phi) is 53.3. The van der Waals surface area contributed by atoms with Crippen molar-refractivity contribution in [3.05, 3.63) is 317 Å². The van der Waals surface area contributed by atoms with Crippen LogP contribution in [0.3, 0.4) is 0 Å². The van der Waals surface area contributed by atoms with Crippen LogP contribution in [0.5, 0.6) is 0 Å². The third kappa shape index (κ3) is 42.1. The predicted octanol–water partition coefficient (Wildman–Crippen LogP) is -6.74. The van der Waals surface area contributed by atoms with Crippen molar-refractivity contribution >= 4 is 73.5 Å². The fraction of sp³-hybridized carbons (Fsp3) is 0.381. The topological polar surface area (TPSA) is 189 Å². The molecule has 0 spiro atoms. The summed E-state index contributed by atoms with van der Waals surface area (Å²) in [6.07, 6.45) is 54.2. The second-order valence-corrected chi connectivity index (χ2v) is 35.4. The lowest BCUT2D eigenvalue weighted by Crippen LogP contribution is -3.00. The molecular weight excluding hydrogens is 2090 g/mol. The van der Waals surface area contributed by atoms with Gasteiger partial charge in [0.2, 0.25) is 12.7 Å². The Balaban J connectivity index is 0.000000307. The molecule has 0 fully saturated rings. The quantitative estimate of drug-likeness (QED) is 0.0232. The fourth-order valence-corrected chi connectivity index (χ4v) is 16.0. The van der Waals surface area contributed by atoms with Crippen LogP contribution in [0, 0.1) is 6.92 Å². The van der Waals surface area contributed by atoms with E-state index in [4.69, 9.17) is 13.0 Å². The van der Waals surface area contributed by atoms with Crippen molar-refractivity contribution in [2.75, 3.05) is 111 Å². The van der Waals surface area contributed by atoms with E-state index in [0.29, 0.717) is 6.26 Å². The molecule has 0 saturated carbocycles. The zero-order valence-corrected chi connectivity index (χ0v) is 86.8. The van der Waals surface area contributed by atoms with E-state index in [1.165, 1.54) is 169 Å². The van der Waals surface area contributed by atoms with Crippen LogP contribution < -0.4 is 111 Å². The molecule has 0 radical (unpaired) electrons. The van der Waals surface area contributed by atoms with E-state index in [1.807, 2.05) is 44.4 Å². The van der Waals surface area contributed by atoms with Crippen molar-refractivity contribution in [2.24, 2.45) is 14.1 Å². The van der Waals surface area contributed by atoms with Gasteiger partial charge in [-0.2, -0.15) is 0 Å². The van der Waals surface area contributed by atoms with Gasteiger partial charge in [0.05, 0.1) is 54.9 Å². The molecule has 6 aliphatic heterocycles. The predicted molar refractivity (Wildman–Crippen MR) is 487 cm³/mol. The van der Waals surface area contributed by atoms with Crippen molar-refractivity contribution in [2.45, 2.75) is 121 Å². The number of aromatic nitrogens is 8. The summed E-state index contributed by atoms with van der Waals surface area (Å²) in [5.74, 6) is 0. The van der Waals surface area contributed by atoms with Crippen LogP contribution in [0.15, 0.2) is 250 Å². The molecule has 0 saturated heterocycles. The molecule has 127 heavy (non-hydrogen) atoms. The van der Waals surface area contributed by atoms with Crippen LogP contribution in [0.4, 0.5) is 0 Å². The molecule has 0 amide bonds. The van der Waals surface area contributed by atoms with Gasteiger partial charge >= 0.3 is 0 Å². The molecule has 7 aromatic carbocycles. The monoisotopic (exact) mass is 2210 g/mol. The van der Waals surface area contributed by atoms with Crippen LogP contribution in [0.1, 0.15) is 117 Å². The maximum atomic E-state index is 10.4. The van der Waals surface area contributed by atoms with Crippen LogP contribution in [0.2, 0.25) is 0 Å². The van der Waals surface area contributed by atoms with Crippen LogP contribution >= 0.6 is 15.9 Å². The Morgan fingerprint density at radius 3 is 0.866 bits per heavy atom. The standard InChI is InChI=1S/2C16H21N3.2C15H18N3.C14H21N2.C13H17BrN.C7H8O3S.CH4O3S.6BrH/c2*1-17-11-12-19(14-17)9-4-8-18-10-7-15-5-2-3-6-16(15)13-18;2*1-2-5-15-12-17(10-6-14(15)4-1)8-3-9-18-11-7-16-13-18;1-15(2)9-5-10-16-11-8-13-6-3-4-7-14(13)12-16;14-8-3-4-9-15-10-7-12-5-1-2-6-13(12)11-15;1-6-2-4-7(5-3-6)11(8,9)10;1-5(2,3)4;;;;;;/h2*2-3,5-6,11-14H,4,7-10H2,1H3;2*1-2,4-5,7,11-13H,3,6,8-10H2;3-4,6-7,12H,5,8-11H2,1-2H3;1-2,5-6,11H,3-4,7-10H2;2-5H,1H3,(H,8,9,10);1H3,(H,2,3,4);6*1H/q2*+2;4*+1;;;;;;;;/p-8. The zero-order chi connectivity index (χ0) is 85.4. The summed E-state index contributed by atoms with van der Waals surface area (Å²) < 4.78 is 86.0. The SMILES string of the molecule is BrCCCC[N+]1=Cc2ccccc2CC1.C1=[N+](CCCn2ccnc2)CCc2ccccc21.C1=[N+](CCCn2ccnc2)CCc2ccccc21.CN(C)CCC[N+]1=Cc2ccccc2CC1.CS(=O)(=O)[O-].C[n+]1ccn(CCC[N+]2=Cc3ccccc3CC2)c1.C[n+]1ccn(CCC[N+]2=Cc3ccccc3CC2)c1.Cc1ccc(S(=O)(=O)[O-])cc1.[Br-].[Br-].[Br-].[Br-].[Br-].[Br-]. The maximum Gasteiger partial charge on any atom is 0.243 e. The number of imidazole rings is 4. The fourth-order valence-electron chi connectivity index (χ4n) is 15.2. The van der Waals surface area contributed by atoms with Crippen molar-refractivity contribution < 1.29 is 164 Å². The minimum absolute atomic E-state index is 0. The van der Waals surface area contributed by atoms with Crippen LogP contribution in [0.25, 0.3) is 0 Å². The van der Waals surface area contributed by atoms with E-state index in [0.717, 1.165) is 115 Å². The molecule has 4 aromatic heterocycles. The summed E-state index contributed by atoms with van der Waals surface area (Å²) in [5, 5.41) is 1.12. The zero-order valence-electron chi connectivity index (χ0n) is 74.1. The lowest BCUT2D eigenvalue weighted by molar-refractivity contribution is -0.671. The summed E-state index contributed by atoms with van der Waals surface area (Å²) >= 11 is 3.47. The number of halogens is 7. The molecule has 17 rings (SSSR count). The molecular formula is C97H126Br7N15O6S2. The second-order valence-electron chi connectivity index (χ2n) is 31.9. The number of fused-ring (bicyclic) bond motifs is 6. The molecule has 30 heteroatoms. The third-order valence-electron chi connectivity index (χ3n) is 21.7. The number of unbranched alkanes of at least 4 members (excludes halogenated alkanes) is 1. The molecule has 11 aromatic rings. The van der Waals surface area contributed by atoms with Crippen LogP contribution in [-0.4, -0.2) is 235 Å². The molecule has 0 bridgehead atoms. The lowest BCUT2D eigenvalue weighted by atomic mass is 10.0. The average Bonchev–Trinajstić information content (AvgIpc) is 1.27. The highest BCUT2D eigenvalue weighted by Gasteiger charge is 2.21.